The van der Waals surface area contributed by atoms with Gasteiger partial charge in [-0.25, -0.2) is 9.59 Å². The normalized spacial score (nSPS) is 14.6. The number of para-hydroxylation sites is 1. The van der Waals surface area contributed by atoms with Crippen molar-refractivity contribution < 1.29 is 27.8 Å². The van der Waals surface area contributed by atoms with Gasteiger partial charge in [0, 0.05) is 29.4 Å². The molecule has 0 saturated heterocycles. The maximum Gasteiger partial charge on any atom is 0.349 e. The lowest BCUT2D eigenvalue weighted by molar-refractivity contribution is 0.0585. The Kier molecular flexibility index (Phi) is 6.70. The summed E-state index contributed by atoms with van der Waals surface area (Å²) in [6.07, 6.45) is 0.539. The molecule has 0 unspecified atom stereocenters. The number of nitrogens with zero attached hydrogens (tertiary/aromatic N) is 1. The van der Waals surface area contributed by atoms with Gasteiger partial charge in [-0.15, -0.1) is 0 Å². The van der Waals surface area contributed by atoms with E-state index in [-0.39, 0.29) is 12.2 Å². The maximum atomic E-state index is 13.9. The highest BCUT2D eigenvalue weighted by molar-refractivity contribution is 5.97. The van der Waals surface area contributed by atoms with Gasteiger partial charge in [0.15, 0.2) is 11.5 Å². The van der Waals surface area contributed by atoms with Crippen LogP contribution < -0.4 is 25.5 Å². The Morgan fingerprint density at radius 1 is 0.927 bits per heavy atom. The zero-order chi connectivity index (χ0) is 28.7. The van der Waals surface area contributed by atoms with Crippen LogP contribution in [0, 0.1) is 6.92 Å². The number of rotatable bonds is 6. The fourth-order valence-electron chi connectivity index (χ4n) is 5.39. The van der Waals surface area contributed by atoms with Crippen molar-refractivity contribution in [1.82, 2.24) is 4.90 Å². The molecule has 1 aliphatic rings. The summed E-state index contributed by atoms with van der Waals surface area (Å²) in [7, 11) is 3.12. The quantitative estimate of drug-likeness (QED) is 0.269. The summed E-state index contributed by atoms with van der Waals surface area (Å²) >= 11 is 0. The second-order valence-electron chi connectivity index (χ2n) is 9.87. The number of hydrogen-bond donors (Lipinski definition) is 0. The van der Waals surface area contributed by atoms with Crippen molar-refractivity contribution >= 4 is 27.8 Å². The molecule has 0 N–H and O–H groups in total. The summed E-state index contributed by atoms with van der Waals surface area (Å²) in [6, 6.07) is 18.5. The number of carbonyl (C=O) groups excluding carboxylic acids is 1. The van der Waals surface area contributed by atoms with E-state index in [4.69, 9.17) is 23.0 Å². The minimum absolute atomic E-state index is 0.0550. The summed E-state index contributed by atoms with van der Waals surface area (Å²) in [4.78, 5) is 40.4. The van der Waals surface area contributed by atoms with Crippen LogP contribution in [0.3, 0.4) is 0 Å². The topological polar surface area (TPSA) is 108 Å². The summed E-state index contributed by atoms with van der Waals surface area (Å²) in [5, 5.41) is 1.46. The maximum absolute atomic E-state index is 13.9. The van der Waals surface area contributed by atoms with E-state index >= 15 is 0 Å². The van der Waals surface area contributed by atoms with Crippen LogP contribution >= 0.6 is 0 Å². The van der Waals surface area contributed by atoms with Crippen LogP contribution in [0.4, 0.5) is 0 Å². The van der Waals surface area contributed by atoms with Gasteiger partial charge in [0.2, 0.25) is 0 Å². The van der Waals surface area contributed by atoms with Gasteiger partial charge < -0.3 is 27.9 Å². The van der Waals surface area contributed by atoms with Crippen LogP contribution in [0.2, 0.25) is 0 Å². The van der Waals surface area contributed by atoms with Gasteiger partial charge in [0.1, 0.15) is 29.1 Å². The predicted molar refractivity (Wildman–Crippen MR) is 152 cm³/mol. The number of carbonyl (C=O) groups is 1. The molecule has 0 fully saturated rings. The van der Waals surface area contributed by atoms with Crippen LogP contribution in [0.25, 0.3) is 21.9 Å². The molecular weight excluding hydrogens is 526 g/mol. The van der Waals surface area contributed by atoms with E-state index in [0.29, 0.717) is 46.8 Å². The molecule has 0 bridgehead atoms. The molecular formula is C32H27NO8. The third-order valence-electron chi connectivity index (χ3n) is 7.47. The molecule has 3 heterocycles. The van der Waals surface area contributed by atoms with E-state index in [9.17, 15) is 14.4 Å². The fourth-order valence-corrected chi connectivity index (χ4v) is 5.39. The van der Waals surface area contributed by atoms with Crippen molar-refractivity contribution in [3.05, 3.63) is 110 Å². The molecule has 9 nitrogen and oxygen atoms in total. The standard InChI is InChI=1S/C32H27NO8/c1-18-12-30(34)40-27-15-21(8-9-22(18)27)39-17-25-23-16-29(38-3)28(37-2)14-19(23)10-11-33(25)31(35)24-13-20-6-4-5-7-26(20)41-32(24)36/h4-9,12-16,25H,10-11,17H2,1-3H3/t25-/m0/s1. The Balaban J connectivity index is 1.40. The summed E-state index contributed by atoms with van der Waals surface area (Å²) in [5.41, 5.74) is 2.21. The Hall–Kier alpha value is -5.05. The first-order chi connectivity index (χ1) is 19.9. The number of ether oxygens (including phenoxy) is 3. The minimum atomic E-state index is -0.702. The molecule has 0 saturated carbocycles. The van der Waals surface area contributed by atoms with Crippen LogP contribution in [-0.4, -0.2) is 38.2 Å². The smallest absolute Gasteiger partial charge is 0.349 e. The number of fused-ring (bicyclic) bond motifs is 3. The van der Waals surface area contributed by atoms with Crippen molar-refractivity contribution in [1.29, 1.82) is 0 Å². The summed E-state index contributed by atoms with van der Waals surface area (Å²) in [5.74, 6) is 1.11. The summed E-state index contributed by atoms with van der Waals surface area (Å²) in [6.45, 7) is 2.25. The van der Waals surface area contributed by atoms with Gasteiger partial charge in [0.05, 0.1) is 20.3 Å². The zero-order valence-electron chi connectivity index (χ0n) is 22.8. The molecule has 1 atom stereocenters. The van der Waals surface area contributed by atoms with E-state index in [1.807, 2.05) is 31.2 Å². The van der Waals surface area contributed by atoms with Crippen molar-refractivity contribution in [3.8, 4) is 17.2 Å². The second kappa shape index (κ2) is 10.5. The largest absolute Gasteiger partial charge is 0.493 e. The Morgan fingerprint density at radius 3 is 2.51 bits per heavy atom. The van der Waals surface area contributed by atoms with Crippen molar-refractivity contribution in [2.24, 2.45) is 0 Å². The average Bonchev–Trinajstić information content (AvgIpc) is 2.98. The third-order valence-corrected chi connectivity index (χ3v) is 7.47. The molecule has 41 heavy (non-hydrogen) atoms. The van der Waals surface area contributed by atoms with Crippen LogP contribution in [0.5, 0.6) is 17.2 Å². The first kappa shape index (κ1) is 26.2. The van der Waals surface area contributed by atoms with Gasteiger partial charge in [-0.1, -0.05) is 18.2 Å². The van der Waals surface area contributed by atoms with Gasteiger partial charge in [-0.2, -0.15) is 0 Å². The molecule has 208 valence electrons. The molecule has 5 aromatic rings. The molecule has 1 amide bonds. The molecule has 2 aromatic heterocycles. The first-order valence-corrected chi connectivity index (χ1v) is 13.1. The summed E-state index contributed by atoms with van der Waals surface area (Å²) < 4.78 is 28.1. The van der Waals surface area contributed by atoms with Gasteiger partial charge in [-0.05, 0) is 66.4 Å². The zero-order valence-corrected chi connectivity index (χ0v) is 22.8. The molecule has 0 aliphatic carbocycles. The van der Waals surface area contributed by atoms with Gasteiger partial charge in [0.25, 0.3) is 5.91 Å². The van der Waals surface area contributed by atoms with Crippen LogP contribution in [0.1, 0.15) is 33.1 Å². The first-order valence-electron chi connectivity index (χ1n) is 13.1. The van der Waals surface area contributed by atoms with E-state index in [1.54, 1.807) is 55.5 Å². The predicted octanol–water partition coefficient (Wildman–Crippen LogP) is 5.04. The van der Waals surface area contributed by atoms with E-state index in [0.717, 1.165) is 22.1 Å². The van der Waals surface area contributed by atoms with Crippen molar-refractivity contribution in [2.75, 3.05) is 27.4 Å². The number of hydrogen-bond acceptors (Lipinski definition) is 8. The number of benzene rings is 3. The number of aryl methyl sites for hydroxylation is 1. The lowest BCUT2D eigenvalue weighted by Gasteiger charge is -2.37. The molecule has 0 radical (unpaired) electrons. The fraction of sp³-hybridized carbons (Fsp3) is 0.219. The van der Waals surface area contributed by atoms with Crippen molar-refractivity contribution in [2.45, 2.75) is 19.4 Å². The van der Waals surface area contributed by atoms with Crippen LogP contribution in [0.15, 0.2) is 85.2 Å². The second-order valence-corrected chi connectivity index (χ2v) is 9.87. The minimum Gasteiger partial charge on any atom is -0.493 e. The van der Waals surface area contributed by atoms with Crippen LogP contribution in [-0.2, 0) is 6.42 Å². The van der Waals surface area contributed by atoms with Crippen molar-refractivity contribution in [3.63, 3.8) is 0 Å². The Bertz CT molecular complexity index is 1920. The molecule has 6 rings (SSSR count). The Labute approximate surface area is 234 Å². The Morgan fingerprint density at radius 2 is 1.71 bits per heavy atom. The molecule has 1 aliphatic heterocycles. The highest BCUT2D eigenvalue weighted by Gasteiger charge is 2.34. The third kappa shape index (κ3) is 4.80. The monoisotopic (exact) mass is 553 g/mol. The molecule has 9 heteroatoms. The van der Waals surface area contributed by atoms with E-state index in [1.165, 1.54) is 6.07 Å². The highest BCUT2D eigenvalue weighted by Crippen LogP contribution is 2.39. The van der Waals surface area contributed by atoms with Gasteiger partial charge in [-0.3, -0.25) is 4.79 Å². The van der Waals surface area contributed by atoms with E-state index < -0.39 is 23.2 Å². The molecule has 3 aromatic carbocycles. The van der Waals surface area contributed by atoms with Gasteiger partial charge >= 0.3 is 11.3 Å². The average molecular weight is 554 g/mol. The van der Waals surface area contributed by atoms with E-state index in [2.05, 4.69) is 0 Å². The SMILES string of the molecule is COc1cc2c(cc1OC)[C@H](COc1ccc3c(C)cc(=O)oc3c1)N(C(=O)c1cc3ccccc3oc1=O)CC2. The lowest BCUT2D eigenvalue weighted by atomic mass is 9.91. The molecule has 0 spiro atoms. The highest BCUT2D eigenvalue weighted by atomic mass is 16.5. The number of methoxy groups -OCH3 is 2. The lowest BCUT2D eigenvalue weighted by Crippen LogP contribution is -2.44. The number of amides is 1.